The summed E-state index contributed by atoms with van der Waals surface area (Å²) in [6, 6.07) is 0.586. The third-order valence-corrected chi connectivity index (χ3v) is 5.42. The summed E-state index contributed by atoms with van der Waals surface area (Å²) in [4.78, 5) is 2.72. The molecule has 2 heteroatoms. The molecule has 1 aliphatic carbocycles. The largest absolute Gasteiger partial charge is 0.317 e. The first kappa shape index (κ1) is 13.4. The molecule has 0 radical (unpaired) electrons. The Labute approximate surface area is 107 Å². The monoisotopic (exact) mass is 238 g/mol. The SMILES string of the molecule is CNC(C)C(C)(C)CN1CCC2(CCCC2)C1. The van der Waals surface area contributed by atoms with E-state index in [1.165, 1.54) is 51.7 Å². The second kappa shape index (κ2) is 4.89. The minimum atomic E-state index is 0.374. The minimum Gasteiger partial charge on any atom is -0.317 e. The molecule has 0 aromatic heterocycles. The molecule has 1 atom stereocenters. The number of nitrogens with zero attached hydrogens (tertiary/aromatic N) is 1. The molecule has 2 aliphatic rings. The van der Waals surface area contributed by atoms with Crippen LogP contribution in [0, 0.1) is 10.8 Å². The van der Waals surface area contributed by atoms with Crippen molar-refractivity contribution in [3.63, 3.8) is 0 Å². The minimum absolute atomic E-state index is 0.374. The summed E-state index contributed by atoms with van der Waals surface area (Å²) in [6.07, 6.45) is 7.39. The zero-order chi connectivity index (χ0) is 12.5. The van der Waals surface area contributed by atoms with Crippen LogP contribution in [0.25, 0.3) is 0 Å². The van der Waals surface area contributed by atoms with Gasteiger partial charge in [0.1, 0.15) is 0 Å². The highest BCUT2D eigenvalue weighted by atomic mass is 15.2. The van der Waals surface area contributed by atoms with Gasteiger partial charge in [0.2, 0.25) is 0 Å². The number of hydrogen-bond acceptors (Lipinski definition) is 2. The molecule has 0 aromatic rings. The highest BCUT2D eigenvalue weighted by molar-refractivity contribution is 4.95. The lowest BCUT2D eigenvalue weighted by molar-refractivity contribution is 0.153. The molecule has 2 nitrogen and oxygen atoms in total. The molecule has 1 spiro atoms. The van der Waals surface area contributed by atoms with Gasteiger partial charge >= 0.3 is 0 Å². The molecule has 1 heterocycles. The Bertz CT molecular complexity index is 254. The van der Waals surface area contributed by atoms with Gasteiger partial charge in [0.25, 0.3) is 0 Å². The predicted octanol–water partition coefficient (Wildman–Crippen LogP) is 2.89. The maximum Gasteiger partial charge on any atom is 0.00991 e. The topological polar surface area (TPSA) is 15.3 Å². The van der Waals surface area contributed by atoms with Crippen molar-refractivity contribution in [3.05, 3.63) is 0 Å². The number of nitrogens with one attached hydrogen (secondary N) is 1. The van der Waals surface area contributed by atoms with Crippen LogP contribution in [-0.4, -0.2) is 37.6 Å². The van der Waals surface area contributed by atoms with Gasteiger partial charge in [0.05, 0.1) is 0 Å². The maximum absolute atomic E-state index is 3.41. The van der Waals surface area contributed by atoms with Crippen molar-refractivity contribution in [2.24, 2.45) is 10.8 Å². The first-order chi connectivity index (χ1) is 7.97. The van der Waals surface area contributed by atoms with E-state index in [-0.39, 0.29) is 0 Å². The summed E-state index contributed by atoms with van der Waals surface area (Å²) in [5.74, 6) is 0. The molecule has 1 saturated carbocycles. The normalized spacial score (nSPS) is 26.8. The van der Waals surface area contributed by atoms with E-state index < -0.39 is 0 Å². The van der Waals surface area contributed by atoms with Crippen molar-refractivity contribution in [2.45, 2.75) is 58.9 Å². The van der Waals surface area contributed by atoms with Crippen LogP contribution in [-0.2, 0) is 0 Å². The first-order valence-corrected chi connectivity index (χ1v) is 7.37. The Morgan fingerprint density at radius 3 is 2.47 bits per heavy atom. The van der Waals surface area contributed by atoms with E-state index in [2.05, 4.69) is 38.0 Å². The van der Waals surface area contributed by atoms with E-state index in [1.54, 1.807) is 0 Å². The lowest BCUT2D eigenvalue weighted by atomic mass is 9.84. The van der Waals surface area contributed by atoms with Crippen LogP contribution in [0.1, 0.15) is 52.9 Å². The van der Waals surface area contributed by atoms with Crippen molar-refractivity contribution in [1.29, 1.82) is 0 Å². The fourth-order valence-corrected chi connectivity index (χ4v) is 3.80. The van der Waals surface area contributed by atoms with Crippen molar-refractivity contribution in [3.8, 4) is 0 Å². The molecule has 1 aliphatic heterocycles. The first-order valence-electron chi connectivity index (χ1n) is 7.37. The molecule has 1 saturated heterocycles. The molecule has 1 unspecified atom stereocenters. The smallest absolute Gasteiger partial charge is 0.00991 e. The van der Waals surface area contributed by atoms with Gasteiger partial charge in [-0.05, 0) is 50.6 Å². The van der Waals surface area contributed by atoms with Crippen molar-refractivity contribution < 1.29 is 0 Å². The Morgan fingerprint density at radius 2 is 1.88 bits per heavy atom. The quantitative estimate of drug-likeness (QED) is 0.810. The van der Waals surface area contributed by atoms with Gasteiger partial charge in [-0.25, -0.2) is 0 Å². The molecule has 100 valence electrons. The molecule has 2 rings (SSSR count). The summed E-state index contributed by atoms with van der Waals surface area (Å²) in [5, 5.41) is 3.41. The van der Waals surface area contributed by atoms with Crippen LogP contribution in [0.2, 0.25) is 0 Å². The third-order valence-electron chi connectivity index (χ3n) is 5.42. The Hall–Kier alpha value is -0.0800. The van der Waals surface area contributed by atoms with Crippen molar-refractivity contribution in [2.75, 3.05) is 26.7 Å². The number of hydrogen-bond donors (Lipinski definition) is 1. The fraction of sp³-hybridized carbons (Fsp3) is 1.00. The van der Waals surface area contributed by atoms with Crippen LogP contribution < -0.4 is 5.32 Å². The Balaban J connectivity index is 1.89. The van der Waals surface area contributed by atoms with Crippen LogP contribution >= 0.6 is 0 Å². The van der Waals surface area contributed by atoms with E-state index in [0.717, 1.165) is 5.41 Å². The van der Waals surface area contributed by atoms with Crippen LogP contribution in [0.15, 0.2) is 0 Å². The van der Waals surface area contributed by atoms with E-state index >= 15 is 0 Å². The summed E-state index contributed by atoms with van der Waals surface area (Å²) in [6.45, 7) is 11.0. The van der Waals surface area contributed by atoms with Crippen molar-refractivity contribution >= 4 is 0 Å². The summed E-state index contributed by atoms with van der Waals surface area (Å²) < 4.78 is 0. The standard InChI is InChI=1S/C15H30N2/c1-13(16-4)14(2,3)11-17-10-9-15(12-17)7-5-6-8-15/h13,16H,5-12H2,1-4H3. The third kappa shape index (κ3) is 2.85. The summed E-state index contributed by atoms with van der Waals surface area (Å²) >= 11 is 0. The number of rotatable bonds is 4. The molecule has 17 heavy (non-hydrogen) atoms. The van der Waals surface area contributed by atoms with Gasteiger partial charge in [0, 0.05) is 19.1 Å². The van der Waals surface area contributed by atoms with E-state index in [0.29, 0.717) is 11.5 Å². The second-order valence-electron chi connectivity index (χ2n) is 7.17. The highest BCUT2D eigenvalue weighted by Gasteiger charge is 2.41. The predicted molar refractivity (Wildman–Crippen MR) is 74.3 cm³/mol. The van der Waals surface area contributed by atoms with Gasteiger partial charge in [-0.3, -0.25) is 0 Å². The van der Waals surface area contributed by atoms with E-state index in [9.17, 15) is 0 Å². The van der Waals surface area contributed by atoms with Gasteiger partial charge in [-0.1, -0.05) is 26.7 Å². The van der Waals surface area contributed by atoms with Crippen LogP contribution in [0.5, 0.6) is 0 Å². The maximum atomic E-state index is 3.41. The fourth-order valence-electron chi connectivity index (χ4n) is 3.80. The molecule has 2 fully saturated rings. The second-order valence-corrected chi connectivity index (χ2v) is 7.17. The van der Waals surface area contributed by atoms with E-state index in [1.807, 2.05) is 0 Å². The van der Waals surface area contributed by atoms with Gasteiger partial charge < -0.3 is 10.2 Å². The molecule has 0 amide bonds. The zero-order valence-corrected chi connectivity index (χ0v) is 12.2. The zero-order valence-electron chi connectivity index (χ0n) is 12.2. The van der Waals surface area contributed by atoms with Crippen LogP contribution in [0.4, 0.5) is 0 Å². The highest BCUT2D eigenvalue weighted by Crippen LogP contribution is 2.45. The average Bonchev–Trinajstić information content (AvgIpc) is 2.88. The summed E-state index contributed by atoms with van der Waals surface area (Å²) in [5.41, 5.74) is 1.10. The van der Waals surface area contributed by atoms with Gasteiger partial charge in [-0.2, -0.15) is 0 Å². The Kier molecular flexibility index (Phi) is 3.84. The molecule has 0 bridgehead atoms. The lowest BCUT2D eigenvalue weighted by Gasteiger charge is -2.36. The lowest BCUT2D eigenvalue weighted by Crippen LogP contribution is -2.45. The molecular formula is C15H30N2. The van der Waals surface area contributed by atoms with Crippen LogP contribution in [0.3, 0.4) is 0 Å². The van der Waals surface area contributed by atoms with Crippen molar-refractivity contribution in [1.82, 2.24) is 10.2 Å². The summed E-state index contributed by atoms with van der Waals surface area (Å²) in [7, 11) is 2.08. The van der Waals surface area contributed by atoms with E-state index in [4.69, 9.17) is 0 Å². The molecular weight excluding hydrogens is 208 g/mol. The average molecular weight is 238 g/mol. The van der Waals surface area contributed by atoms with Gasteiger partial charge in [-0.15, -0.1) is 0 Å². The Morgan fingerprint density at radius 1 is 1.24 bits per heavy atom. The molecule has 0 aromatic carbocycles. The molecule has 1 N–H and O–H groups in total. The van der Waals surface area contributed by atoms with Gasteiger partial charge in [0.15, 0.2) is 0 Å². The number of likely N-dealkylation sites (tertiary alicyclic amines) is 1.